The molecular formula is C72H85ClF4N20O9S2. The highest BCUT2D eigenvalue weighted by Crippen LogP contribution is 2.45. The molecular weight excluding hydrogens is 1460 g/mol. The summed E-state index contributed by atoms with van der Waals surface area (Å²) in [5.41, 5.74) is 36.0. The van der Waals surface area contributed by atoms with E-state index >= 15 is 0 Å². The maximum absolute atomic E-state index is 14.2. The van der Waals surface area contributed by atoms with Crippen molar-refractivity contribution >= 4 is 68.3 Å². The van der Waals surface area contributed by atoms with Crippen LogP contribution in [0.5, 0.6) is 23.0 Å². The van der Waals surface area contributed by atoms with Crippen LogP contribution in [0.3, 0.4) is 0 Å². The standard InChI is InChI=1S/C19H18FN5O2.C16H23FN4O2S.C16H21FN4O2S.C12H15FN4O.C9H8ClN3O2/c1-10-13-6-12(20)5-11-7-19(2,27-16(11)13)9-21-18(26)14-8-22-25-4-3-15(23-10)24-17(14)25;2*1-10(20-24(22)15(2,3)4)13-7-12(17)6-11-8-16(5,9-19-21-18)23-14(11)13;1-7(14)10-4-9(13)3-8-5-12(2,6-16-17-15)18-11(8)10;1-2-15-9(14)6-5-11-13-4-3-7(10)12-8(6)13/h3-6,8,10H,7,9H2,1-2H3,(H,21,26)(H,23,24);6-7,10,20H,8-9H2,1-5H3;6-7H,8-9H2,1-5H3;3-4,7H,5-6,14H2,1-2H3;3-5H,2H2,1H3/t10-,19+;10-,16+,24-;16-,24+;7-,12+;/m1101./s1. The molecule has 0 saturated carbocycles. The first-order chi connectivity index (χ1) is 50.7. The van der Waals surface area contributed by atoms with Crippen LogP contribution in [-0.2, 0) is 52.4 Å². The fraction of sp³-hybridized carbons (Fsp3) is 0.458. The average Bonchev–Trinajstić information content (AvgIpc) is 1.64. The second kappa shape index (κ2) is 33.2. The van der Waals surface area contributed by atoms with E-state index in [-0.39, 0.29) is 61.1 Å². The number of benzene rings is 4. The summed E-state index contributed by atoms with van der Waals surface area (Å²) in [6.45, 7) is 28.5. The summed E-state index contributed by atoms with van der Waals surface area (Å²) >= 11 is 5.72. The minimum atomic E-state index is -1.45. The third kappa shape index (κ3) is 19.6. The van der Waals surface area contributed by atoms with Crippen molar-refractivity contribution in [3.63, 3.8) is 0 Å². The first-order valence-corrected chi connectivity index (χ1v) is 36.9. The Morgan fingerprint density at radius 1 is 0.713 bits per heavy atom. The van der Waals surface area contributed by atoms with E-state index in [1.807, 2.05) is 83.1 Å². The highest BCUT2D eigenvalue weighted by atomic mass is 35.5. The number of azide groups is 3. The number of hydrogen-bond acceptors (Lipinski definition) is 18. The number of hydrogen-bond donors (Lipinski definition) is 4. The number of aromatic nitrogens is 6. The van der Waals surface area contributed by atoms with Crippen molar-refractivity contribution in [3.8, 4) is 23.0 Å². The van der Waals surface area contributed by atoms with Crippen molar-refractivity contribution in [1.82, 2.24) is 39.2 Å². The molecule has 4 bridgehead atoms. The second-order valence-electron chi connectivity index (χ2n) is 29.5. The van der Waals surface area contributed by atoms with E-state index in [0.717, 1.165) is 22.3 Å². The van der Waals surface area contributed by atoms with Crippen molar-refractivity contribution in [3.05, 3.63) is 201 Å². The average molecular weight is 1550 g/mol. The number of carbonyl (C=O) groups excluding carboxylic acids is 2. The van der Waals surface area contributed by atoms with E-state index in [2.05, 4.69) is 70.0 Å². The number of ether oxygens (including phenoxy) is 5. The molecule has 0 fully saturated rings. The zero-order chi connectivity index (χ0) is 79.2. The molecule has 0 saturated heterocycles. The monoisotopic (exact) mass is 1550 g/mol. The van der Waals surface area contributed by atoms with Crippen molar-refractivity contribution in [2.75, 3.05) is 38.1 Å². The Bertz CT molecular complexity index is 5020. The van der Waals surface area contributed by atoms with Crippen LogP contribution >= 0.6 is 11.6 Å². The summed E-state index contributed by atoms with van der Waals surface area (Å²) in [6, 6.07) is 13.9. The molecule has 108 heavy (non-hydrogen) atoms. The van der Waals surface area contributed by atoms with E-state index < -0.39 is 65.7 Å². The Labute approximate surface area is 630 Å². The van der Waals surface area contributed by atoms with Gasteiger partial charge in [0.25, 0.3) is 5.91 Å². The molecule has 0 aliphatic carbocycles. The van der Waals surface area contributed by atoms with Gasteiger partial charge in [0, 0.05) is 109 Å². The summed E-state index contributed by atoms with van der Waals surface area (Å²) in [6.07, 6.45) is 8.21. The summed E-state index contributed by atoms with van der Waals surface area (Å²) in [7, 11) is -2.74. The third-order valence-electron chi connectivity index (χ3n) is 17.5. The number of nitrogens with one attached hydrogen (secondary N) is 3. The quantitative estimate of drug-likeness (QED) is 0.0149. The maximum Gasteiger partial charge on any atom is 0.343 e. The number of rotatable bonds is 14. The number of anilines is 1. The smallest absolute Gasteiger partial charge is 0.343 e. The highest BCUT2D eigenvalue weighted by Gasteiger charge is 2.42. The number of carbonyl (C=O) groups is 2. The molecule has 29 nitrogen and oxygen atoms in total. The molecule has 36 heteroatoms. The zero-order valence-electron chi connectivity index (χ0n) is 62.3. The SMILES string of the molecule is CC(=N[S@](=O)C(C)(C)C)c1cc(F)cc2c1O[C@](C)(CN=[N+]=[N-])C2.CCOC(=O)c1cnn2ccc(Cl)nc12.C[C@@H](N)c1cc(F)cc2c1O[C@](C)(CN=[N+]=[N-])C2.C[C@@H](N[S@](=O)C(C)(C)C)c1cc(F)cc2c1O[C@](C)(CN=[N+]=[N-])C2.C[C@H]1Nc2ccn3ncc(c3n2)C(=O)NC[C@]2(C)Cc3cc(F)cc1c3O2. The summed E-state index contributed by atoms with van der Waals surface area (Å²) in [5.74, 6) is 0.863. The maximum atomic E-state index is 14.2. The Morgan fingerprint density at radius 3 is 1.76 bits per heavy atom. The van der Waals surface area contributed by atoms with E-state index in [1.165, 1.54) is 65.4 Å². The van der Waals surface area contributed by atoms with Crippen LogP contribution in [-0.4, -0.2) is 120 Å². The largest absolute Gasteiger partial charge is 0.486 e. The molecule has 574 valence electrons. The van der Waals surface area contributed by atoms with Crippen molar-refractivity contribution in [2.24, 2.45) is 25.5 Å². The van der Waals surface area contributed by atoms with Crippen LogP contribution in [0.25, 0.3) is 42.6 Å². The van der Waals surface area contributed by atoms with Gasteiger partial charge in [0.1, 0.15) is 102 Å². The van der Waals surface area contributed by atoms with Crippen LogP contribution in [0.2, 0.25) is 5.15 Å². The van der Waals surface area contributed by atoms with E-state index in [1.54, 1.807) is 49.8 Å². The molecule has 9 atom stereocenters. The second-order valence-corrected chi connectivity index (χ2v) is 33.8. The van der Waals surface area contributed by atoms with Gasteiger partial charge in [0.05, 0.1) is 77.4 Å². The Hall–Kier alpha value is -10.1. The van der Waals surface area contributed by atoms with Crippen LogP contribution in [0.4, 0.5) is 23.4 Å². The van der Waals surface area contributed by atoms with Gasteiger partial charge >= 0.3 is 5.97 Å². The molecule has 5 aliphatic heterocycles. The van der Waals surface area contributed by atoms with Gasteiger partial charge in [-0.05, 0) is 181 Å². The topological polar surface area (TPSA) is 396 Å². The molecule has 0 radical (unpaired) electrons. The van der Waals surface area contributed by atoms with Crippen molar-refractivity contribution in [2.45, 2.75) is 180 Å². The lowest BCUT2D eigenvalue weighted by atomic mass is 9.96. The summed E-state index contributed by atoms with van der Waals surface area (Å²) in [4.78, 5) is 40.9. The molecule has 13 rings (SSSR count). The van der Waals surface area contributed by atoms with Crippen LogP contribution in [0.15, 0.2) is 105 Å². The Morgan fingerprint density at radius 2 is 1.21 bits per heavy atom. The van der Waals surface area contributed by atoms with Gasteiger partial charge in [0.15, 0.2) is 11.3 Å². The number of amides is 1. The van der Waals surface area contributed by atoms with Gasteiger partial charge in [0.2, 0.25) is 0 Å². The molecule has 1 amide bonds. The summed E-state index contributed by atoms with van der Waals surface area (Å²) in [5, 5.41) is 25.3. The molecule has 0 unspecified atom stereocenters. The molecule has 4 aromatic heterocycles. The van der Waals surface area contributed by atoms with Gasteiger partial charge in [-0.2, -0.15) is 14.6 Å². The van der Waals surface area contributed by atoms with Crippen LogP contribution < -0.4 is 40.0 Å². The molecule has 8 aromatic rings. The van der Waals surface area contributed by atoms with Gasteiger partial charge in [-0.1, -0.05) is 26.9 Å². The van der Waals surface area contributed by atoms with Gasteiger partial charge in [-0.25, -0.2) is 54.5 Å². The molecule has 9 heterocycles. The van der Waals surface area contributed by atoms with Gasteiger partial charge in [-0.15, -0.1) is 0 Å². The van der Waals surface area contributed by atoms with Crippen LogP contribution in [0.1, 0.15) is 187 Å². The number of fused-ring (bicyclic) bond motifs is 6. The fourth-order valence-corrected chi connectivity index (χ4v) is 13.8. The first-order valence-electron chi connectivity index (χ1n) is 34.3. The van der Waals surface area contributed by atoms with E-state index in [0.29, 0.717) is 123 Å². The molecule has 4 aromatic carbocycles. The lowest BCUT2D eigenvalue weighted by Gasteiger charge is -2.25. The molecule has 5 N–H and O–H groups in total. The van der Waals surface area contributed by atoms with Crippen molar-refractivity contribution < 1.29 is 59.3 Å². The lowest BCUT2D eigenvalue weighted by molar-refractivity contribution is 0.0528. The molecule has 0 spiro atoms. The van der Waals surface area contributed by atoms with E-state index in [9.17, 15) is 35.6 Å². The minimum Gasteiger partial charge on any atom is -0.486 e. The molecule has 5 aliphatic rings. The number of nitrogens with zero attached hydrogens (tertiary/aromatic N) is 16. The Kier molecular flexibility index (Phi) is 25.2. The number of nitrogens with two attached hydrogens (primary N) is 1. The van der Waals surface area contributed by atoms with Crippen LogP contribution in [0, 0.1) is 23.3 Å². The Balaban J connectivity index is 0.000000158. The summed E-state index contributed by atoms with van der Waals surface area (Å²) < 4.78 is 118. The predicted octanol–water partition coefficient (Wildman–Crippen LogP) is 14.9. The first kappa shape index (κ1) is 82.0. The van der Waals surface area contributed by atoms with E-state index in [4.69, 9.17) is 57.6 Å². The predicted molar refractivity (Wildman–Crippen MR) is 402 cm³/mol. The minimum absolute atomic E-state index is 0.142. The van der Waals surface area contributed by atoms with Crippen molar-refractivity contribution in [1.29, 1.82) is 0 Å². The van der Waals surface area contributed by atoms with Gasteiger partial charge in [-0.3, -0.25) is 4.79 Å². The number of halogens is 5. The lowest BCUT2D eigenvalue weighted by Crippen LogP contribution is -2.44. The highest BCUT2D eigenvalue weighted by molar-refractivity contribution is 7.85. The zero-order valence-corrected chi connectivity index (χ0v) is 64.7. The number of esters is 1. The fourth-order valence-electron chi connectivity index (χ4n) is 12.3. The third-order valence-corrected chi connectivity index (χ3v) is 20.9. The van der Waals surface area contributed by atoms with Gasteiger partial charge < -0.3 is 40.1 Å². The normalized spacial score (nSPS) is 21.0.